The zero-order chi connectivity index (χ0) is 11.0. The second kappa shape index (κ2) is 3.31. The normalized spacial score (nSPS) is 10.5. The van der Waals surface area contributed by atoms with E-state index in [-0.39, 0.29) is 5.76 Å². The van der Waals surface area contributed by atoms with E-state index in [1.165, 1.54) is 7.11 Å². The number of fused-ring (bicyclic) bond motifs is 1. The Morgan fingerprint density at radius 2 is 2.13 bits per heavy atom. The first kappa shape index (κ1) is 9.58. The van der Waals surface area contributed by atoms with Gasteiger partial charge in [-0.1, -0.05) is 0 Å². The van der Waals surface area contributed by atoms with Gasteiger partial charge in [-0.3, -0.25) is 0 Å². The number of esters is 1. The van der Waals surface area contributed by atoms with Gasteiger partial charge >= 0.3 is 5.97 Å². The first-order valence-electron chi connectivity index (χ1n) is 4.50. The number of nitrogens with two attached hydrogens (primary N) is 1. The highest BCUT2D eigenvalue weighted by molar-refractivity contribution is 5.93. The van der Waals surface area contributed by atoms with Gasteiger partial charge in [-0.2, -0.15) is 0 Å². The minimum atomic E-state index is -0.484. The fourth-order valence-corrected chi connectivity index (χ4v) is 1.42. The van der Waals surface area contributed by atoms with Crippen molar-refractivity contribution in [1.29, 1.82) is 0 Å². The maximum atomic E-state index is 11.2. The number of furan rings is 1. The van der Waals surface area contributed by atoms with E-state index in [2.05, 4.69) is 4.74 Å². The highest BCUT2D eigenvalue weighted by Gasteiger charge is 2.12. The number of benzene rings is 1. The Kier molecular flexibility index (Phi) is 2.11. The van der Waals surface area contributed by atoms with Crippen LogP contribution in [-0.4, -0.2) is 13.1 Å². The second-order valence-corrected chi connectivity index (χ2v) is 3.35. The molecule has 15 heavy (non-hydrogen) atoms. The van der Waals surface area contributed by atoms with Gasteiger partial charge in [0.1, 0.15) is 5.58 Å². The molecular formula is C11H11NO3. The van der Waals surface area contributed by atoms with Crippen molar-refractivity contribution in [2.45, 2.75) is 6.92 Å². The molecule has 0 aliphatic rings. The number of anilines is 1. The molecule has 1 aromatic carbocycles. The molecule has 0 bridgehead atoms. The Hall–Kier alpha value is -1.97. The zero-order valence-corrected chi connectivity index (χ0v) is 8.53. The van der Waals surface area contributed by atoms with Gasteiger partial charge in [-0.05, 0) is 24.6 Å². The zero-order valence-electron chi connectivity index (χ0n) is 8.53. The molecule has 0 fully saturated rings. The summed E-state index contributed by atoms with van der Waals surface area (Å²) >= 11 is 0. The molecule has 1 aromatic heterocycles. The molecule has 4 heteroatoms. The topological polar surface area (TPSA) is 65.5 Å². The quantitative estimate of drug-likeness (QED) is 0.572. The number of methoxy groups -OCH3 is 1. The minimum Gasteiger partial charge on any atom is -0.463 e. The van der Waals surface area contributed by atoms with E-state index < -0.39 is 5.97 Å². The molecule has 0 aliphatic heterocycles. The maximum Gasteiger partial charge on any atom is 0.373 e. The van der Waals surface area contributed by atoms with Crippen LogP contribution in [0.3, 0.4) is 0 Å². The van der Waals surface area contributed by atoms with Gasteiger partial charge in [-0.15, -0.1) is 0 Å². The summed E-state index contributed by atoms with van der Waals surface area (Å²) in [6, 6.07) is 5.23. The molecule has 2 aromatic rings. The Morgan fingerprint density at radius 1 is 1.40 bits per heavy atom. The summed E-state index contributed by atoms with van der Waals surface area (Å²) in [7, 11) is 1.31. The highest BCUT2D eigenvalue weighted by atomic mass is 16.5. The van der Waals surface area contributed by atoms with Crippen LogP contribution >= 0.6 is 0 Å². The number of nitrogen functional groups attached to an aromatic ring is 1. The number of carbonyl (C=O) groups is 1. The van der Waals surface area contributed by atoms with Gasteiger partial charge in [-0.25, -0.2) is 4.79 Å². The Balaban J connectivity index is 2.61. The van der Waals surface area contributed by atoms with Crippen molar-refractivity contribution in [2.24, 2.45) is 0 Å². The standard InChI is InChI=1S/C11H11NO3/c1-6-3-7-4-10(11(13)14-2)15-9(7)5-8(6)12/h3-5H,12H2,1-2H3. The molecule has 0 aliphatic carbocycles. The first-order chi connectivity index (χ1) is 7.11. The number of aryl methyl sites for hydroxylation is 1. The fraction of sp³-hybridized carbons (Fsp3) is 0.182. The molecule has 0 atom stereocenters. The average molecular weight is 205 g/mol. The largest absolute Gasteiger partial charge is 0.463 e. The third-order valence-electron chi connectivity index (χ3n) is 2.29. The molecule has 1 heterocycles. The van der Waals surface area contributed by atoms with Crippen molar-refractivity contribution in [3.63, 3.8) is 0 Å². The molecule has 0 saturated carbocycles. The molecule has 2 rings (SSSR count). The van der Waals surface area contributed by atoms with Crippen molar-refractivity contribution in [1.82, 2.24) is 0 Å². The lowest BCUT2D eigenvalue weighted by Gasteiger charge is -1.97. The lowest BCUT2D eigenvalue weighted by Crippen LogP contribution is -1.97. The van der Waals surface area contributed by atoms with Crippen LogP contribution < -0.4 is 5.73 Å². The van der Waals surface area contributed by atoms with Crippen LogP contribution in [-0.2, 0) is 4.74 Å². The monoisotopic (exact) mass is 205 g/mol. The van der Waals surface area contributed by atoms with Crippen molar-refractivity contribution in [3.05, 3.63) is 29.5 Å². The molecule has 0 saturated heterocycles. The summed E-state index contributed by atoms with van der Waals surface area (Å²) in [4.78, 5) is 11.2. The van der Waals surface area contributed by atoms with Crippen LogP contribution in [0.25, 0.3) is 11.0 Å². The van der Waals surface area contributed by atoms with Crippen molar-refractivity contribution >= 4 is 22.6 Å². The van der Waals surface area contributed by atoms with Crippen LogP contribution in [0.5, 0.6) is 0 Å². The Bertz CT molecular complexity index is 489. The number of hydrogen-bond acceptors (Lipinski definition) is 4. The third kappa shape index (κ3) is 1.54. The third-order valence-corrected chi connectivity index (χ3v) is 2.29. The summed E-state index contributed by atoms with van der Waals surface area (Å²) in [5, 5.41) is 0.849. The Morgan fingerprint density at radius 3 is 2.80 bits per heavy atom. The van der Waals surface area contributed by atoms with Crippen molar-refractivity contribution < 1.29 is 13.9 Å². The average Bonchev–Trinajstić information content (AvgIpc) is 2.60. The smallest absolute Gasteiger partial charge is 0.373 e. The molecule has 0 amide bonds. The summed E-state index contributed by atoms with van der Waals surface area (Å²) in [5.74, 6) is -0.292. The Labute approximate surface area is 86.6 Å². The second-order valence-electron chi connectivity index (χ2n) is 3.35. The summed E-state index contributed by atoms with van der Waals surface area (Å²) in [5.41, 5.74) is 7.93. The van der Waals surface area contributed by atoms with Crippen molar-refractivity contribution in [2.75, 3.05) is 12.8 Å². The molecule has 78 valence electrons. The van der Waals surface area contributed by atoms with Gasteiger partial charge < -0.3 is 14.9 Å². The van der Waals surface area contributed by atoms with Gasteiger partial charge in [0.15, 0.2) is 0 Å². The molecule has 0 radical (unpaired) electrons. The lowest BCUT2D eigenvalue weighted by atomic mass is 10.1. The minimum absolute atomic E-state index is 0.192. The lowest BCUT2D eigenvalue weighted by molar-refractivity contribution is 0.0567. The van der Waals surface area contributed by atoms with Crippen LogP contribution in [0.2, 0.25) is 0 Å². The summed E-state index contributed by atoms with van der Waals surface area (Å²) in [6.45, 7) is 1.90. The van der Waals surface area contributed by atoms with Crippen LogP contribution in [0.15, 0.2) is 22.6 Å². The molecular weight excluding hydrogens is 194 g/mol. The van der Waals surface area contributed by atoms with Crippen LogP contribution in [0, 0.1) is 6.92 Å². The van der Waals surface area contributed by atoms with E-state index in [1.807, 2.05) is 13.0 Å². The van der Waals surface area contributed by atoms with Crippen molar-refractivity contribution in [3.8, 4) is 0 Å². The molecule has 0 unspecified atom stereocenters. The van der Waals surface area contributed by atoms with E-state index in [1.54, 1.807) is 12.1 Å². The van der Waals surface area contributed by atoms with Gasteiger partial charge in [0.05, 0.1) is 7.11 Å². The van der Waals surface area contributed by atoms with Crippen LogP contribution in [0.1, 0.15) is 16.1 Å². The van der Waals surface area contributed by atoms with E-state index in [0.717, 1.165) is 10.9 Å². The van der Waals surface area contributed by atoms with Gasteiger partial charge in [0, 0.05) is 17.1 Å². The number of rotatable bonds is 1. The summed E-state index contributed by atoms with van der Waals surface area (Å²) < 4.78 is 9.86. The molecule has 2 N–H and O–H groups in total. The maximum absolute atomic E-state index is 11.2. The predicted molar refractivity (Wildman–Crippen MR) is 56.7 cm³/mol. The van der Waals surface area contributed by atoms with E-state index in [9.17, 15) is 4.79 Å². The number of hydrogen-bond donors (Lipinski definition) is 1. The number of ether oxygens (including phenoxy) is 1. The van der Waals surface area contributed by atoms with E-state index in [4.69, 9.17) is 10.2 Å². The predicted octanol–water partition coefficient (Wildman–Crippen LogP) is 2.11. The molecule has 4 nitrogen and oxygen atoms in total. The first-order valence-corrected chi connectivity index (χ1v) is 4.50. The van der Waals surface area contributed by atoms with Gasteiger partial charge in [0.25, 0.3) is 0 Å². The highest BCUT2D eigenvalue weighted by Crippen LogP contribution is 2.24. The SMILES string of the molecule is COC(=O)c1cc2cc(C)c(N)cc2o1. The fourth-order valence-electron chi connectivity index (χ4n) is 1.42. The summed E-state index contributed by atoms with van der Waals surface area (Å²) in [6.07, 6.45) is 0. The van der Waals surface area contributed by atoms with Gasteiger partial charge in [0.2, 0.25) is 5.76 Å². The number of carbonyl (C=O) groups excluding carboxylic acids is 1. The van der Waals surface area contributed by atoms with Crippen LogP contribution in [0.4, 0.5) is 5.69 Å². The molecule has 0 spiro atoms. The van der Waals surface area contributed by atoms with E-state index in [0.29, 0.717) is 11.3 Å². The van der Waals surface area contributed by atoms with E-state index >= 15 is 0 Å².